The van der Waals surface area contributed by atoms with Crippen LogP contribution in [-0.2, 0) is 10.0 Å². The Hall–Kier alpha value is -3.76. The third kappa shape index (κ3) is 4.50. The summed E-state index contributed by atoms with van der Waals surface area (Å²) in [5, 5.41) is 12.0. The van der Waals surface area contributed by atoms with Crippen molar-refractivity contribution in [1.82, 2.24) is 0 Å². The number of halogens is 1. The fourth-order valence-corrected chi connectivity index (χ4v) is 5.36. The molecule has 11 heteroatoms. The summed E-state index contributed by atoms with van der Waals surface area (Å²) in [5.74, 6) is -1.25. The molecule has 1 amide bonds. The standard InChI is InChI=1S/C23H19ClN2O7S/c1-32-20-8-6-16(24)13-21(20)34(30,31)26-9-10-33-19-7-5-14(12-18(19)26)22(27)25-17-4-2-3-15(11-17)23(28)29/h2-8,11-13H,9-10H2,1H3,(H,25,27)(H,28,29). The zero-order valence-electron chi connectivity index (χ0n) is 17.8. The van der Waals surface area contributed by atoms with Crippen molar-refractivity contribution in [2.24, 2.45) is 0 Å². The lowest BCUT2D eigenvalue weighted by Crippen LogP contribution is -2.38. The van der Waals surface area contributed by atoms with Gasteiger partial charge in [0.2, 0.25) is 0 Å². The molecular weight excluding hydrogens is 484 g/mol. The van der Waals surface area contributed by atoms with Crippen LogP contribution in [0.2, 0.25) is 5.02 Å². The van der Waals surface area contributed by atoms with Crippen molar-refractivity contribution in [2.75, 3.05) is 29.9 Å². The van der Waals surface area contributed by atoms with Gasteiger partial charge in [-0.3, -0.25) is 9.10 Å². The number of fused-ring (bicyclic) bond motifs is 1. The number of nitrogens with one attached hydrogen (secondary N) is 1. The normalized spacial score (nSPS) is 12.9. The number of hydrogen-bond acceptors (Lipinski definition) is 6. The van der Waals surface area contributed by atoms with E-state index in [4.69, 9.17) is 26.2 Å². The van der Waals surface area contributed by atoms with Gasteiger partial charge in [-0.2, -0.15) is 0 Å². The molecule has 0 saturated heterocycles. The molecule has 3 aromatic rings. The summed E-state index contributed by atoms with van der Waals surface area (Å²) in [4.78, 5) is 23.9. The van der Waals surface area contributed by atoms with Crippen LogP contribution in [0, 0.1) is 0 Å². The predicted molar refractivity (Wildman–Crippen MR) is 126 cm³/mol. The fourth-order valence-electron chi connectivity index (χ4n) is 3.49. The number of carbonyl (C=O) groups is 2. The second-order valence-electron chi connectivity index (χ2n) is 7.24. The Morgan fingerprint density at radius 3 is 2.62 bits per heavy atom. The first kappa shape index (κ1) is 23.4. The van der Waals surface area contributed by atoms with Gasteiger partial charge in [-0.1, -0.05) is 17.7 Å². The largest absolute Gasteiger partial charge is 0.495 e. The number of carboxylic acids is 1. The number of amides is 1. The van der Waals surface area contributed by atoms with Gasteiger partial charge >= 0.3 is 5.97 Å². The van der Waals surface area contributed by atoms with Crippen molar-refractivity contribution in [1.29, 1.82) is 0 Å². The molecule has 34 heavy (non-hydrogen) atoms. The van der Waals surface area contributed by atoms with Crippen molar-refractivity contribution in [3.63, 3.8) is 0 Å². The van der Waals surface area contributed by atoms with Crippen molar-refractivity contribution in [2.45, 2.75) is 4.90 Å². The highest BCUT2D eigenvalue weighted by atomic mass is 35.5. The lowest BCUT2D eigenvalue weighted by Gasteiger charge is -2.31. The minimum Gasteiger partial charge on any atom is -0.495 e. The highest BCUT2D eigenvalue weighted by Crippen LogP contribution is 2.38. The molecule has 1 aliphatic heterocycles. The van der Waals surface area contributed by atoms with Gasteiger partial charge in [-0.25, -0.2) is 13.2 Å². The molecule has 9 nitrogen and oxygen atoms in total. The Kier molecular flexibility index (Phi) is 6.36. The molecule has 176 valence electrons. The minimum atomic E-state index is -4.11. The van der Waals surface area contributed by atoms with Gasteiger partial charge < -0.3 is 19.9 Å². The third-order valence-electron chi connectivity index (χ3n) is 5.10. The zero-order valence-corrected chi connectivity index (χ0v) is 19.4. The van der Waals surface area contributed by atoms with Crippen LogP contribution < -0.4 is 19.1 Å². The Morgan fingerprint density at radius 2 is 1.88 bits per heavy atom. The van der Waals surface area contributed by atoms with Gasteiger partial charge in [-0.15, -0.1) is 0 Å². The highest BCUT2D eigenvalue weighted by molar-refractivity contribution is 7.93. The highest BCUT2D eigenvalue weighted by Gasteiger charge is 2.33. The quantitative estimate of drug-likeness (QED) is 0.524. The van der Waals surface area contributed by atoms with E-state index >= 15 is 0 Å². The number of nitrogens with zero attached hydrogens (tertiary/aromatic N) is 1. The maximum absolute atomic E-state index is 13.5. The molecule has 4 rings (SSSR count). The third-order valence-corrected chi connectivity index (χ3v) is 7.17. The van der Waals surface area contributed by atoms with Gasteiger partial charge in [0.25, 0.3) is 15.9 Å². The van der Waals surface area contributed by atoms with Gasteiger partial charge in [0, 0.05) is 16.3 Å². The molecule has 2 N–H and O–H groups in total. The second-order valence-corrected chi connectivity index (χ2v) is 9.51. The predicted octanol–water partition coefficient (Wildman–Crippen LogP) is 3.89. The van der Waals surface area contributed by atoms with Gasteiger partial charge in [0.05, 0.1) is 24.9 Å². The van der Waals surface area contributed by atoms with E-state index < -0.39 is 21.9 Å². The van der Waals surface area contributed by atoms with Crippen LogP contribution in [0.25, 0.3) is 0 Å². The van der Waals surface area contributed by atoms with Crippen molar-refractivity contribution in [3.05, 3.63) is 76.8 Å². The molecule has 0 aromatic heterocycles. The Bertz CT molecular complexity index is 1390. The van der Waals surface area contributed by atoms with E-state index in [2.05, 4.69) is 5.32 Å². The van der Waals surface area contributed by atoms with E-state index in [0.29, 0.717) is 5.75 Å². The molecule has 1 aliphatic rings. The monoisotopic (exact) mass is 502 g/mol. The average molecular weight is 503 g/mol. The van der Waals surface area contributed by atoms with E-state index in [1.165, 1.54) is 61.7 Å². The number of benzene rings is 3. The zero-order chi connectivity index (χ0) is 24.5. The smallest absolute Gasteiger partial charge is 0.335 e. The topological polar surface area (TPSA) is 122 Å². The van der Waals surface area contributed by atoms with Crippen LogP contribution in [0.3, 0.4) is 0 Å². The number of anilines is 2. The van der Waals surface area contributed by atoms with E-state index in [-0.39, 0.29) is 51.3 Å². The molecule has 0 saturated carbocycles. The van der Waals surface area contributed by atoms with E-state index in [1.54, 1.807) is 6.07 Å². The summed E-state index contributed by atoms with van der Waals surface area (Å²) in [7, 11) is -2.75. The number of sulfonamides is 1. The molecule has 0 spiro atoms. The van der Waals surface area contributed by atoms with Crippen LogP contribution in [0.5, 0.6) is 11.5 Å². The number of rotatable bonds is 6. The molecule has 0 atom stereocenters. The van der Waals surface area contributed by atoms with Crippen LogP contribution in [0.1, 0.15) is 20.7 Å². The SMILES string of the molecule is COc1ccc(Cl)cc1S(=O)(=O)N1CCOc2ccc(C(=O)Nc3cccc(C(=O)O)c3)cc21. The first-order valence-corrected chi connectivity index (χ1v) is 11.8. The van der Waals surface area contributed by atoms with Crippen molar-refractivity contribution < 1.29 is 32.6 Å². The van der Waals surface area contributed by atoms with E-state index in [0.717, 1.165) is 4.31 Å². The maximum atomic E-state index is 13.5. The van der Waals surface area contributed by atoms with Gasteiger partial charge in [0.15, 0.2) is 0 Å². The van der Waals surface area contributed by atoms with Crippen LogP contribution >= 0.6 is 11.6 Å². The summed E-state index contributed by atoms with van der Waals surface area (Å²) >= 11 is 6.04. The Morgan fingerprint density at radius 1 is 1.09 bits per heavy atom. The number of carboxylic acid groups (broad SMARTS) is 1. The maximum Gasteiger partial charge on any atom is 0.335 e. The molecule has 0 unspecified atom stereocenters. The van der Waals surface area contributed by atoms with Gasteiger partial charge in [0.1, 0.15) is 23.0 Å². The van der Waals surface area contributed by atoms with Crippen LogP contribution in [-0.4, -0.2) is 45.7 Å². The Balaban J connectivity index is 1.70. The van der Waals surface area contributed by atoms with E-state index in [9.17, 15) is 18.0 Å². The molecule has 0 radical (unpaired) electrons. The first-order chi connectivity index (χ1) is 16.2. The Labute approximate surface area is 200 Å². The minimum absolute atomic E-state index is 0.0106. The van der Waals surface area contributed by atoms with Gasteiger partial charge in [-0.05, 0) is 54.6 Å². The molecule has 0 fully saturated rings. The lowest BCUT2D eigenvalue weighted by molar-refractivity contribution is 0.0696. The second kappa shape index (κ2) is 9.24. The summed E-state index contributed by atoms with van der Waals surface area (Å²) in [6.45, 7) is 0.124. The number of ether oxygens (including phenoxy) is 2. The molecule has 0 aliphatic carbocycles. The van der Waals surface area contributed by atoms with Crippen LogP contribution in [0.4, 0.5) is 11.4 Å². The van der Waals surface area contributed by atoms with Crippen molar-refractivity contribution in [3.8, 4) is 11.5 Å². The van der Waals surface area contributed by atoms with Crippen molar-refractivity contribution >= 4 is 44.9 Å². The lowest BCUT2D eigenvalue weighted by atomic mass is 10.1. The molecule has 0 bridgehead atoms. The summed E-state index contributed by atoms with van der Waals surface area (Å²) in [6.07, 6.45) is 0. The number of methoxy groups -OCH3 is 1. The molecule has 3 aromatic carbocycles. The first-order valence-electron chi connectivity index (χ1n) is 9.98. The summed E-state index contributed by atoms with van der Waals surface area (Å²) < 4.78 is 39.0. The summed E-state index contributed by atoms with van der Waals surface area (Å²) in [5.41, 5.74) is 0.639. The number of aromatic carboxylic acids is 1. The molecular formula is C23H19ClN2O7S. The van der Waals surface area contributed by atoms with Crippen LogP contribution in [0.15, 0.2) is 65.6 Å². The average Bonchev–Trinajstić information content (AvgIpc) is 2.83. The number of hydrogen-bond donors (Lipinski definition) is 2. The number of carbonyl (C=O) groups excluding carboxylic acids is 1. The van der Waals surface area contributed by atoms with E-state index in [1.807, 2.05) is 0 Å². The molecule has 1 heterocycles. The summed E-state index contributed by atoms with van der Waals surface area (Å²) in [6, 6.07) is 14.5. The fraction of sp³-hybridized carbons (Fsp3) is 0.130.